The first-order valence-electron chi connectivity index (χ1n) is 7.10. The van der Waals surface area contributed by atoms with Gasteiger partial charge in [0.15, 0.2) is 0 Å². The van der Waals surface area contributed by atoms with Crippen LogP contribution in [0.15, 0.2) is 18.2 Å². The van der Waals surface area contributed by atoms with E-state index in [1.807, 2.05) is 0 Å². The molecule has 5 heteroatoms. The lowest BCUT2D eigenvalue weighted by Gasteiger charge is -2.37. The Balaban J connectivity index is 1.91. The van der Waals surface area contributed by atoms with Gasteiger partial charge in [0.05, 0.1) is 11.3 Å². The van der Waals surface area contributed by atoms with E-state index >= 15 is 0 Å². The van der Waals surface area contributed by atoms with E-state index in [1.54, 1.807) is 6.07 Å². The van der Waals surface area contributed by atoms with Gasteiger partial charge in [-0.3, -0.25) is 14.5 Å². The average molecular weight is 286 g/mol. The summed E-state index contributed by atoms with van der Waals surface area (Å²) in [6.07, 6.45) is 4.69. The third-order valence-corrected chi connectivity index (χ3v) is 4.54. The summed E-state index contributed by atoms with van der Waals surface area (Å²) in [5, 5.41) is 8.86. The largest absolute Gasteiger partial charge is 0.274 e. The molecule has 2 amide bonds. The standard InChI is InChI=1S/C16H15FN2O2/c17-13-4-3-12(7-11(13)10-18)19-14(20)8-16(9-15(19)21)5-1-2-6-16/h3-4,7H,1-2,5-6,8-9H2. The van der Waals surface area contributed by atoms with Crippen molar-refractivity contribution in [3.63, 3.8) is 0 Å². The molecule has 1 spiro atoms. The average Bonchev–Trinajstić information content (AvgIpc) is 2.87. The van der Waals surface area contributed by atoms with Crippen molar-refractivity contribution in [3.8, 4) is 6.07 Å². The van der Waals surface area contributed by atoms with Gasteiger partial charge in [0, 0.05) is 12.8 Å². The first kappa shape index (κ1) is 13.7. The molecule has 1 aromatic rings. The van der Waals surface area contributed by atoms with E-state index in [0.29, 0.717) is 12.8 Å². The Morgan fingerprint density at radius 3 is 2.33 bits per heavy atom. The molecule has 4 nitrogen and oxygen atoms in total. The van der Waals surface area contributed by atoms with Gasteiger partial charge < -0.3 is 0 Å². The quantitative estimate of drug-likeness (QED) is 0.746. The number of nitrogens with zero attached hydrogens (tertiary/aromatic N) is 2. The minimum Gasteiger partial charge on any atom is -0.274 e. The second-order valence-electron chi connectivity index (χ2n) is 5.96. The van der Waals surface area contributed by atoms with Crippen molar-refractivity contribution in [2.45, 2.75) is 38.5 Å². The van der Waals surface area contributed by atoms with Crippen molar-refractivity contribution < 1.29 is 14.0 Å². The van der Waals surface area contributed by atoms with Gasteiger partial charge in [-0.05, 0) is 36.5 Å². The van der Waals surface area contributed by atoms with Gasteiger partial charge in [-0.1, -0.05) is 12.8 Å². The van der Waals surface area contributed by atoms with Crippen LogP contribution in [0.1, 0.15) is 44.1 Å². The van der Waals surface area contributed by atoms with Crippen molar-refractivity contribution in [3.05, 3.63) is 29.6 Å². The molecule has 108 valence electrons. The predicted molar refractivity (Wildman–Crippen MR) is 73.7 cm³/mol. The predicted octanol–water partition coefficient (Wildman–Crippen LogP) is 2.91. The minimum atomic E-state index is -0.648. The van der Waals surface area contributed by atoms with Gasteiger partial charge in [0.2, 0.25) is 11.8 Å². The molecule has 1 aliphatic carbocycles. The maximum absolute atomic E-state index is 13.4. The van der Waals surface area contributed by atoms with Crippen LogP contribution in [0.4, 0.5) is 10.1 Å². The number of nitriles is 1. The Morgan fingerprint density at radius 1 is 1.14 bits per heavy atom. The summed E-state index contributed by atoms with van der Waals surface area (Å²) >= 11 is 0. The zero-order valence-corrected chi connectivity index (χ0v) is 11.6. The summed E-state index contributed by atoms with van der Waals surface area (Å²) in [4.78, 5) is 25.9. The highest BCUT2D eigenvalue weighted by molar-refractivity contribution is 6.17. The van der Waals surface area contributed by atoms with Crippen LogP contribution in [-0.4, -0.2) is 11.8 Å². The number of carbonyl (C=O) groups is 2. The number of piperidine rings is 1. The van der Waals surface area contributed by atoms with Crippen LogP contribution in [0, 0.1) is 22.6 Å². The zero-order chi connectivity index (χ0) is 15.0. The minimum absolute atomic E-state index is 0.158. The number of benzene rings is 1. The number of amides is 2. The fourth-order valence-corrected chi connectivity index (χ4v) is 3.51. The summed E-state index contributed by atoms with van der Waals surface area (Å²) in [6, 6.07) is 5.48. The molecule has 0 aromatic heterocycles. The smallest absolute Gasteiger partial charge is 0.234 e. The lowest BCUT2D eigenvalue weighted by atomic mass is 9.76. The molecule has 3 rings (SSSR count). The summed E-state index contributed by atoms with van der Waals surface area (Å²) in [6.45, 7) is 0. The van der Waals surface area contributed by atoms with Gasteiger partial charge in [0.25, 0.3) is 0 Å². The van der Waals surface area contributed by atoms with Crippen molar-refractivity contribution in [2.75, 3.05) is 4.90 Å². The van der Waals surface area contributed by atoms with E-state index in [0.717, 1.165) is 36.6 Å². The number of imide groups is 1. The van der Waals surface area contributed by atoms with Crippen LogP contribution < -0.4 is 4.90 Å². The van der Waals surface area contributed by atoms with Crippen LogP contribution in [-0.2, 0) is 9.59 Å². The Morgan fingerprint density at radius 2 is 1.76 bits per heavy atom. The first-order valence-corrected chi connectivity index (χ1v) is 7.10. The third kappa shape index (κ3) is 2.31. The first-order chi connectivity index (χ1) is 10.0. The lowest BCUT2D eigenvalue weighted by molar-refractivity contribution is -0.133. The molecule has 1 saturated heterocycles. The Kier molecular flexibility index (Phi) is 3.25. The van der Waals surface area contributed by atoms with Gasteiger partial charge in [-0.2, -0.15) is 5.26 Å². The SMILES string of the molecule is N#Cc1cc(N2C(=O)CC3(CCCC3)CC2=O)ccc1F. The Hall–Kier alpha value is -2.22. The van der Waals surface area contributed by atoms with E-state index < -0.39 is 5.82 Å². The fraction of sp³-hybridized carbons (Fsp3) is 0.438. The lowest BCUT2D eigenvalue weighted by Crippen LogP contribution is -2.47. The summed E-state index contributed by atoms with van der Waals surface area (Å²) < 4.78 is 13.4. The normalized spacial score (nSPS) is 20.9. The van der Waals surface area contributed by atoms with Crippen LogP contribution in [0.2, 0.25) is 0 Å². The van der Waals surface area contributed by atoms with E-state index in [-0.39, 0.29) is 28.5 Å². The number of hydrogen-bond donors (Lipinski definition) is 0. The van der Waals surface area contributed by atoms with Crippen molar-refractivity contribution in [2.24, 2.45) is 5.41 Å². The molecule has 0 atom stereocenters. The fourth-order valence-electron chi connectivity index (χ4n) is 3.51. The molecule has 1 aromatic carbocycles. The Bertz CT molecular complexity index is 637. The van der Waals surface area contributed by atoms with Crippen LogP contribution in [0.3, 0.4) is 0 Å². The highest BCUT2D eigenvalue weighted by atomic mass is 19.1. The maximum Gasteiger partial charge on any atom is 0.234 e. The van der Waals surface area contributed by atoms with E-state index in [9.17, 15) is 14.0 Å². The van der Waals surface area contributed by atoms with E-state index in [2.05, 4.69) is 0 Å². The van der Waals surface area contributed by atoms with Crippen LogP contribution in [0.25, 0.3) is 0 Å². The molecule has 1 aliphatic heterocycles. The molecule has 2 aliphatic rings. The molecule has 21 heavy (non-hydrogen) atoms. The number of rotatable bonds is 1. The molecular weight excluding hydrogens is 271 g/mol. The van der Waals surface area contributed by atoms with Gasteiger partial charge in [-0.25, -0.2) is 4.39 Å². The molecule has 0 bridgehead atoms. The Labute approximate surface area is 122 Å². The second-order valence-corrected chi connectivity index (χ2v) is 5.96. The molecule has 0 unspecified atom stereocenters. The number of hydrogen-bond acceptors (Lipinski definition) is 3. The molecule has 2 fully saturated rings. The number of halogens is 1. The monoisotopic (exact) mass is 286 g/mol. The summed E-state index contributed by atoms with van der Waals surface area (Å²) in [5.41, 5.74) is -0.0343. The summed E-state index contributed by atoms with van der Waals surface area (Å²) in [7, 11) is 0. The molecule has 0 radical (unpaired) electrons. The van der Waals surface area contributed by atoms with Crippen LogP contribution >= 0.6 is 0 Å². The van der Waals surface area contributed by atoms with Crippen molar-refractivity contribution in [1.29, 1.82) is 5.26 Å². The van der Waals surface area contributed by atoms with Gasteiger partial charge >= 0.3 is 0 Å². The third-order valence-electron chi connectivity index (χ3n) is 4.54. The van der Waals surface area contributed by atoms with Gasteiger partial charge in [0.1, 0.15) is 11.9 Å². The highest BCUT2D eigenvalue weighted by Crippen LogP contribution is 2.47. The van der Waals surface area contributed by atoms with Crippen LogP contribution in [0.5, 0.6) is 0 Å². The second kappa shape index (κ2) is 4.96. The molecule has 0 N–H and O–H groups in total. The van der Waals surface area contributed by atoms with E-state index in [4.69, 9.17) is 5.26 Å². The zero-order valence-electron chi connectivity index (χ0n) is 11.6. The van der Waals surface area contributed by atoms with E-state index in [1.165, 1.54) is 12.1 Å². The molecule has 1 saturated carbocycles. The highest BCUT2D eigenvalue weighted by Gasteiger charge is 2.45. The van der Waals surface area contributed by atoms with Crippen molar-refractivity contribution >= 4 is 17.5 Å². The summed E-state index contributed by atoms with van der Waals surface area (Å²) in [5.74, 6) is -1.14. The maximum atomic E-state index is 13.4. The topological polar surface area (TPSA) is 61.2 Å². The molecule has 1 heterocycles. The number of carbonyl (C=O) groups excluding carboxylic acids is 2. The molecular formula is C16H15FN2O2. The number of anilines is 1. The van der Waals surface area contributed by atoms with Gasteiger partial charge in [-0.15, -0.1) is 0 Å². The van der Waals surface area contributed by atoms with Crippen molar-refractivity contribution in [1.82, 2.24) is 0 Å².